The smallest absolute Gasteiger partial charge is 0.246 e. The molecule has 0 aliphatic carbocycles. The molecule has 0 bridgehead atoms. The zero-order valence-electron chi connectivity index (χ0n) is 11.0. The molecule has 1 aromatic carbocycles. The molecule has 20 heavy (non-hydrogen) atoms. The van der Waals surface area contributed by atoms with Gasteiger partial charge in [0.25, 0.3) is 0 Å². The Labute approximate surface area is 111 Å². The minimum atomic E-state index is -3.38. The molecule has 114 valence electrons. The number of rotatable bonds is 4. The third kappa shape index (κ3) is 2.76. The summed E-state index contributed by atoms with van der Waals surface area (Å²) >= 11 is 0. The normalized spacial score (nSPS) is 15.0. The van der Waals surface area contributed by atoms with E-state index in [-0.39, 0.29) is 0 Å². The van der Waals surface area contributed by atoms with E-state index in [0.717, 1.165) is 6.92 Å². The minimum absolute atomic E-state index is 0.804. The van der Waals surface area contributed by atoms with Crippen molar-refractivity contribution >= 4 is 0 Å². The molecule has 7 heteroatoms. The predicted octanol–water partition coefficient (Wildman–Crippen LogP) is 4.89. The van der Waals surface area contributed by atoms with Gasteiger partial charge in [0, 0.05) is 5.56 Å². The average Bonchev–Trinajstić information content (AvgIpc) is 2.37. The number of hydrogen-bond acceptors (Lipinski definition) is 0. The van der Waals surface area contributed by atoms with E-state index in [1.165, 1.54) is 13.8 Å². The molecule has 0 saturated heterocycles. The minimum Gasteiger partial charge on any atom is -0.246 e. The number of hydrogen-bond donors (Lipinski definition) is 0. The highest BCUT2D eigenvalue weighted by Crippen LogP contribution is 2.38. The van der Waals surface area contributed by atoms with Gasteiger partial charge in [0.2, 0.25) is 6.43 Å². The SMILES string of the molecule is Cc1c(F)c(F)c(F)c(F)c1C(C(F)F)C(F)C(C)C. The summed E-state index contributed by atoms with van der Waals surface area (Å²) in [6.45, 7) is 3.34. The lowest BCUT2D eigenvalue weighted by Crippen LogP contribution is -2.28. The predicted molar refractivity (Wildman–Crippen MR) is 59.5 cm³/mol. The van der Waals surface area contributed by atoms with Gasteiger partial charge in [-0.25, -0.2) is 30.7 Å². The van der Waals surface area contributed by atoms with Crippen molar-refractivity contribution in [1.29, 1.82) is 0 Å². The van der Waals surface area contributed by atoms with Gasteiger partial charge in [-0.1, -0.05) is 13.8 Å². The molecule has 0 fully saturated rings. The van der Waals surface area contributed by atoms with Gasteiger partial charge in [-0.15, -0.1) is 0 Å². The van der Waals surface area contributed by atoms with Crippen LogP contribution in [0.4, 0.5) is 30.7 Å². The monoisotopic (exact) mass is 302 g/mol. The van der Waals surface area contributed by atoms with E-state index in [1.807, 2.05) is 0 Å². The highest BCUT2D eigenvalue weighted by molar-refractivity contribution is 5.35. The van der Waals surface area contributed by atoms with Crippen molar-refractivity contribution in [2.75, 3.05) is 0 Å². The third-order valence-corrected chi connectivity index (χ3v) is 3.13. The molecule has 2 unspecified atom stereocenters. The molecule has 1 aromatic rings. The van der Waals surface area contributed by atoms with E-state index in [9.17, 15) is 30.7 Å². The van der Waals surface area contributed by atoms with Crippen LogP contribution >= 0.6 is 0 Å². The quantitative estimate of drug-likeness (QED) is 0.422. The number of halogens is 7. The fourth-order valence-corrected chi connectivity index (χ4v) is 1.99. The molecule has 1 rings (SSSR count). The second-order valence-electron chi connectivity index (χ2n) is 4.84. The molecule has 0 aliphatic heterocycles. The van der Waals surface area contributed by atoms with Gasteiger partial charge in [-0.05, 0) is 18.4 Å². The Morgan fingerprint density at radius 3 is 1.60 bits per heavy atom. The summed E-state index contributed by atoms with van der Waals surface area (Å²) in [4.78, 5) is 0. The lowest BCUT2D eigenvalue weighted by atomic mass is 9.85. The van der Waals surface area contributed by atoms with E-state index in [4.69, 9.17) is 0 Å². The summed E-state index contributed by atoms with van der Waals surface area (Å²) in [7, 11) is 0. The van der Waals surface area contributed by atoms with E-state index < -0.39 is 58.8 Å². The van der Waals surface area contributed by atoms with Crippen molar-refractivity contribution in [1.82, 2.24) is 0 Å². The Kier molecular flexibility index (Phi) is 5.05. The lowest BCUT2D eigenvalue weighted by Gasteiger charge is -2.25. The Hall–Kier alpha value is -1.27. The van der Waals surface area contributed by atoms with E-state index in [1.54, 1.807) is 0 Å². The van der Waals surface area contributed by atoms with Crippen molar-refractivity contribution in [2.45, 2.75) is 39.3 Å². The van der Waals surface area contributed by atoms with Crippen LogP contribution in [0.25, 0.3) is 0 Å². The summed E-state index contributed by atoms with van der Waals surface area (Å²) < 4.78 is 93.0. The van der Waals surface area contributed by atoms with E-state index in [0.29, 0.717) is 0 Å². The summed E-state index contributed by atoms with van der Waals surface area (Å²) in [5, 5.41) is 0. The largest absolute Gasteiger partial charge is 0.248 e. The second-order valence-corrected chi connectivity index (χ2v) is 4.84. The molecule has 0 aromatic heterocycles. The topological polar surface area (TPSA) is 0 Å². The van der Waals surface area contributed by atoms with Crippen LogP contribution < -0.4 is 0 Å². The van der Waals surface area contributed by atoms with Crippen molar-refractivity contribution in [2.24, 2.45) is 5.92 Å². The van der Waals surface area contributed by atoms with Crippen molar-refractivity contribution < 1.29 is 30.7 Å². The molecule has 0 N–H and O–H groups in total. The van der Waals surface area contributed by atoms with Crippen LogP contribution in [0.15, 0.2) is 0 Å². The molecule has 0 heterocycles. The third-order valence-electron chi connectivity index (χ3n) is 3.13. The Bertz CT molecular complexity index is 467. The maximum atomic E-state index is 13.9. The molecular formula is C13H13F7. The van der Waals surface area contributed by atoms with Crippen molar-refractivity contribution in [3.63, 3.8) is 0 Å². The standard InChI is InChI=1S/C13H13F7/c1-4(2)8(14)7(13(19)20)6-5(3)9(15)11(17)12(18)10(6)16/h4,7-8,13H,1-3H3. The first-order valence-corrected chi connectivity index (χ1v) is 5.85. The molecule has 0 aliphatic rings. The van der Waals surface area contributed by atoms with E-state index >= 15 is 0 Å². The maximum absolute atomic E-state index is 13.9. The van der Waals surface area contributed by atoms with Gasteiger partial charge in [0.1, 0.15) is 6.17 Å². The van der Waals surface area contributed by atoms with Crippen molar-refractivity contribution in [3.8, 4) is 0 Å². The number of benzene rings is 1. The highest BCUT2D eigenvalue weighted by Gasteiger charge is 2.39. The van der Waals surface area contributed by atoms with Gasteiger partial charge >= 0.3 is 0 Å². The van der Waals surface area contributed by atoms with Crippen molar-refractivity contribution in [3.05, 3.63) is 34.4 Å². The van der Waals surface area contributed by atoms with Crippen LogP contribution in [0.5, 0.6) is 0 Å². The lowest BCUT2D eigenvalue weighted by molar-refractivity contribution is 0.0521. The van der Waals surface area contributed by atoms with Crippen LogP contribution in [-0.4, -0.2) is 12.6 Å². The first kappa shape index (κ1) is 16.8. The number of alkyl halides is 3. The van der Waals surface area contributed by atoms with Gasteiger partial charge < -0.3 is 0 Å². The van der Waals surface area contributed by atoms with Crippen LogP contribution in [0.2, 0.25) is 0 Å². The Morgan fingerprint density at radius 1 is 0.750 bits per heavy atom. The first-order chi connectivity index (χ1) is 9.11. The molecule has 0 saturated carbocycles. The van der Waals surface area contributed by atoms with Gasteiger partial charge in [0.15, 0.2) is 23.3 Å². The molecule has 2 atom stereocenters. The Balaban J connectivity index is 3.57. The zero-order chi connectivity index (χ0) is 15.8. The summed E-state index contributed by atoms with van der Waals surface area (Å²) in [5.41, 5.74) is -2.01. The average molecular weight is 302 g/mol. The summed E-state index contributed by atoms with van der Waals surface area (Å²) in [5.74, 6) is -11.4. The summed E-state index contributed by atoms with van der Waals surface area (Å²) in [6.07, 6.45) is -5.61. The fraction of sp³-hybridized carbons (Fsp3) is 0.538. The first-order valence-electron chi connectivity index (χ1n) is 5.85. The maximum Gasteiger partial charge on any atom is 0.248 e. The van der Waals surface area contributed by atoms with Crippen LogP contribution in [0.1, 0.15) is 30.9 Å². The molecule has 0 radical (unpaired) electrons. The Morgan fingerprint density at radius 2 is 1.20 bits per heavy atom. The molecule has 0 spiro atoms. The molecule has 0 amide bonds. The summed E-state index contributed by atoms with van der Waals surface area (Å²) in [6, 6.07) is 0. The van der Waals surface area contributed by atoms with Gasteiger partial charge in [-0.2, -0.15) is 0 Å². The van der Waals surface area contributed by atoms with Crippen LogP contribution in [0, 0.1) is 36.1 Å². The highest BCUT2D eigenvalue weighted by atomic mass is 19.3. The van der Waals surface area contributed by atoms with Gasteiger partial charge in [-0.3, -0.25) is 0 Å². The zero-order valence-corrected chi connectivity index (χ0v) is 11.0. The van der Waals surface area contributed by atoms with Gasteiger partial charge in [0.05, 0.1) is 5.92 Å². The van der Waals surface area contributed by atoms with Crippen LogP contribution in [-0.2, 0) is 0 Å². The fourth-order valence-electron chi connectivity index (χ4n) is 1.99. The molecular weight excluding hydrogens is 289 g/mol. The molecule has 0 nitrogen and oxygen atoms in total. The van der Waals surface area contributed by atoms with Crippen LogP contribution in [0.3, 0.4) is 0 Å². The second kappa shape index (κ2) is 6.01. The van der Waals surface area contributed by atoms with E-state index in [2.05, 4.69) is 0 Å².